The van der Waals surface area contributed by atoms with Crippen molar-refractivity contribution in [2.24, 2.45) is 0 Å². The fourth-order valence-electron chi connectivity index (χ4n) is 2.59. The third-order valence-electron chi connectivity index (χ3n) is 3.84. The van der Waals surface area contributed by atoms with Gasteiger partial charge < -0.3 is 15.3 Å². The lowest BCUT2D eigenvalue weighted by Crippen LogP contribution is -2.32. The van der Waals surface area contributed by atoms with Crippen LogP contribution >= 0.6 is 0 Å². The van der Waals surface area contributed by atoms with E-state index in [1.165, 1.54) is 44.9 Å². The lowest BCUT2D eigenvalue weighted by atomic mass is 10.0. The van der Waals surface area contributed by atoms with Crippen molar-refractivity contribution < 1.29 is 15.3 Å². The van der Waals surface area contributed by atoms with E-state index >= 15 is 0 Å². The van der Waals surface area contributed by atoms with Gasteiger partial charge in [0.1, 0.15) is 12.3 Å². The van der Waals surface area contributed by atoms with Crippen LogP contribution in [0.15, 0.2) is 0 Å². The molecule has 0 saturated carbocycles. The number of hydrogen-bond donors (Lipinski definition) is 4. The van der Waals surface area contributed by atoms with Crippen LogP contribution in [0.5, 0.6) is 0 Å². The first-order valence-electron chi connectivity index (χ1n) is 7.47. The second-order valence-corrected chi connectivity index (χ2v) is 5.46. The van der Waals surface area contributed by atoms with Crippen molar-refractivity contribution in [3.63, 3.8) is 0 Å². The van der Waals surface area contributed by atoms with Gasteiger partial charge in [0, 0.05) is 6.04 Å². The van der Waals surface area contributed by atoms with E-state index in [1.807, 2.05) is 0 Å². The number of nitrogens with one attached hydrogen (secondary N) is 1. The first-order valence-corrected chi connectivity index (χ1v) is 7.47. The maximum atomic E-state index is 9.66. The summed E-state index contributed by atoms with van der Waals surface area (Å²) in [6.45, 7) is 2.22. The van der Waals surface area contributed by atoms with Crippen molar-refractivity contribution in [1.82, 2.24) is 5.32 Å². The summed E-state index contributed by atoms with van der Waals surface area (Å²) in [6.07, 6.45) is 8.04. The van der Waals surface area contributed by atoms with Gasteiger partial charge >= 0.3 is 0 Å². The Labute approximate surface area is 110 Å². The Hall–Kier alpha value is -0.160. The minimum Gasteiger partial charge on any atom is -0.389 e. The molecule has 0 aliphatic carbocycles. The average Bonchev–Trinajstić information content (AvgIpc) is 2.60. The van der Waals surface area contributed by atoms with E-state index < -0.39 is 18.4 Å². The van der Waals surface area contributed by atoms with Gasteiger partial charge in [-0.15, -0.1) is 0 Å². The standard InChI is InChI=1S/C14H29NO3/c1-2-3-4-5-6-7-8-9-10-11-12(16)13(17)14(18)15-11/h11-18H,2-10H2,1H3/t11-,12-,13+,14-/m1/s1. The lowest BCUT2D eigenvalue weighted by Gasteiger charge is -2.15. The Kier molecular flexibility index (Phi) is 7.82. The highest BCUT2D eigenvalue weighted by Crippen LogP contribution is 2.18. The molecule has 108 valence electrons. The van der Waals surface area contributed by atoms with Gasteiger partial charge in [-0.05, 0) is 6.42 Å². The van der Waals surface area contributed by atoms with Crippen LogP contribution in [0.4, 0.5) is 0 Å². The fourth-order valence-corrected chi connectivity index (χ4v) is 2.59. The van der Waals surface area contributed by atoms with Crippen LogP contribution in [0.1, 0.15) is 64.7 Å². The summed E-state index contributed by atoms with van der Waals surface area (Å²) in [6, 6.07) is -0.157. The molecule has 18 heavy (non-hydrogen) atoms. The van der Waals surface area contributed by atoms with Gasteiger partial charge in [-0.2, -0.15) is 0 Å². The van der Waals surface area contributed by atoms with Crippen molar-refractivity contribution in [2.75, 3.05) is 0 Å². The predicted octanol–water partition coefficient (Wildman–Crippen LogP) is 1.53. The van der Waals surface area contributed by atoms with Crippen LogP contribution in [-0.4, -0.2) is 39.8 Å². The highest BCUT2D eigenvalue weighted by atomic mass is 16.4. The lowest BCUT2D eigenvalue weighted by molar-refractivity contribution is -0.0241. The molecule has 4 atom stereocenters. The van der Waals surface area contributed by atoms with Crippen LogP contribution in [0.2, 0.25) is 0 Å². The number of unbranched alkanes of at least 4 members (excludes halogenated alkanes) is 7. The maximum absolute atomic E-state index is 9.66. The van der Waals surface area contributed by atoms with Crippen molar-refractivity contribution >= 4 is 0 Å². The molecule has 1 saturated heterocycles. The summed E-state index contributed by atoms with van der Waals surface area (Å²) in [5, 5.41) is 31.2. The monoisotopic (exact) mass is 259 g/mol. The van der Waals surface area contributed by atoms with E-state index in [9.17, 15) is 15.3 Å². The smallest absolute Gasteiger partial charge is 0.134 e. The molecule has 0 unspecified atom stereocenters. The van der Waals surface area contributed by atoms with E-state index in [4.69, 9.17) is 0 Å². The predicted molar refractivity (Wildman–Crippen MR) is 72.2 cm³/mol. The van der Waals surface area contributed by atoms with Crippen molar-refractivity contribution in [3.05, 3.63) is 0 Å². The van der Waals surface area contributed by atoms with Crippen LogP contribution in [-0.2, 0) is 0 Å². The van der Waals surface area contributed by atoms with E-state index in [-0.39, 0.29) is 6.04 Å². The fraction of sp³-hybridized carbons (Fsp3) is 1.00. The van der Waals surface area contributed by atoms with Gasteiger partial charge in [0.2, 0.25) is 0 Å². The quantitative estimate of drug-likeness (QED) is 0.474. The van der Waals surface area contributed by atoms with Crippen molar-refractivity contribution in [3.8, 4) is 0 Å². The Bertz CT molecular complexity index is 213. The molecule has 1 heterocycles. The molecule has 1 fully saturated rings. The normalized spacial score (nSPS) is 32.0. The van der Waals surface area contributed by atoms with Gasteiger partial charge in [0.15, 0.2) is 0 Å². The Morgan fingerprint density at radius 2 is 1.33 bits per heavy atom. The van der Waals surface area contributed by atoms with E-state index in [0.717, 1.165) is 12.8 Å². The molecular formula is C14H29NO3. The SMILES string of the molecule is CCCCCCCCCC[C@H]1N[C@H](O)[C@@H](O)[C@@H]1O. The van der Waals surface area contributed by atoms with E-state index in [1.54, 1.807) is 0 Å². The van der Waals surface area contributed by atoms with Crippen molar-refractivity contribution in [2.45, 2.75) is 89.2 Å². The Balaban J connectivity index is 1.95. The number of aliphatic hydroxyl groups excluding tert-OH is 3. The molecule has 1 rings (SSSR count). The van der Waals surface area contributed by atoms with Gasteiger partial charge in [-0.1, -0.05) is 58.3 Å². The summed E-state index contributed by atoms with van der Waals surface area (Å²) in [7, 11) is 0. The Morgan fingerprint density at radius 1 is 0.778 bits per heavy atom. The molecule has 0 aromatic heterocycles. The molecule has 0 bridgehead atoms. The molecule has 4 nitrogen and oxygen atoms in total. The van der Waals surface area contributed by atoms with Gasteiger partial charge in [0.05, 0.1) is 6.10 Å². The number of hydrogen-bond acceptors (Lipinski definition) is 4. The summed E-state index contributed by atoms with van der Waals surface area (Å²) >= 11 is 0. The topological polar surface area (TPSA) is 72.7 Å². The second kappa shape index (κ2) is 8.86. The van der Waals surface area contributed by atoms with Crippen LogP contribution in [0.3, 0.4) is 0 Å². The first kappa shape index (κ1) is 15.9. The maximum Gasteiger partial charge on any atom is 0.134 e. The Morgan fingerprint density at radius 3 is 1.83 bits per heavy atom. The number of aliphatic hydroxyl groups is 3. The zero-order chi connectivity index (χ0) is 13.4. The molecule has 1 aliphatic rings. The van der Waals surface area contributed by atoms with E-state index in [0.29, 0.717) is 0 Å². The van der Waals surface area contributed by atoms with Crippen LogP contribution in [0.25, 0.3) is 0 Å². The van der Waals surface area contributed by atoms with Crippen molar-refractivity contribution in [1.29, 1.82) is 0 Å². The van der Waals surface area contributed by atoms with Gasteiger partial charge in [-0.25, -0.2) is 0 Å². The molecule has 0 spiro atoms. The summed E-state index contributed by atoms with van der Waals surface area (Å²) in [5.41, 5.74) is 0. The van der Waals surface area contributed by atoms with Gasteiger partial charge in [0.25, 0.3) is 0 Å². The average molecular weight is 259 g/mol. The molecular weight excluding hydrogens is 230 g/mol. The summed E-state index contributed by atoms with van der Waals surface area (Å²) < 4.78 is 0. The molecule has 1 aliphatic heterocycles. The molecule has 4 heteroatoms. The largest absolute Gasteiger partial charge is 0.389 e. The third kappa shape index (κ3) is 5.22. The minimum absolute atomic E-state index is 0.157. The molecule has 4 N–H and O–H groups in total. The van der Waals surface area contributed by atoms with E-state index in [2.05, 4.69) is 12.2 Å². The molecule has 0 aromatic rings. The molecule has 0 aromatic carbocycles. The molecule has 0 amide bonds. The summed E-state index contributed by atoms with van der Waals surface area (Å²) in [4.78, 5) is 0. The summed E-state index contributed by atoms with van der Waals surface area (Å²) in [5.74, 6) is 0. The number of rotatable bonds is 9. The third-order valence-corrected chi connectivity index (χ3v) is 3.84. The zero-order valence-electron chi connectivity index (χ0n) is 11.5. The zero-order valence-corrected chi connectivity index (χ0v) is 11.5. The van der Waals surface area contributed by atoms with Gasteiger partial charge in [-0.3, -0.25) is 5.32 Å². The first-order chi connectivity index (χ1) is 8.66. The highest BCUT2D eigenvalue weighted by molar-refractivity contribution is 4.92. The second-order valence-electron chi connectivity index (χ2n) is 5.46. The van der Waals surface area contributed by atoms with Crippen LogP contribution in [0, 0.1) is 0 Å². The minimum atomic E-state index is -1.04. The highest BCUT2D eigenvalue weighted by Gasteiger charge is 2.39. The molecule has 0 radical (unpaired) electrons. The van der Waals surface area contributed by atoms with Crippen LogP contribution < -0.4 is 5.32 Å².